The standard InChI is InChI=1S/C12H21NO4/c1-8(2)6-9(7-10(14)15)13-11(16)17-12(3,4)5/h9H,1,6-7H2,2-5H3,(H,13,16)(H,14,15). The van der Waals surface area contributed by atoms with Crippen molar-refractivity contribution in [3.63, 3.8) is 0 Å². The summed E-state index contributed by atoms with van der Waals surface area (Å²) in [4.78, 5) is 22.1. The van der Waals surface area contributed by atoms with Gasteiger partial charge in [0.15, 0.2) is 0 Å². The van der Waals surface area contributed by atoms with Crippen LogP contribution >= 0.6 is 0 Å². The molecule has 0 radical (unpaired) electrons. The molecular weight excluding hydrogens is 222 g/mol. The summed E-state index contributed by atoms with van der Waals surface area (Å²) < 4.78 is 5.06. The molecule has 1 unspecified atom stereocenters. The van der Waals surface area contributed by atoms with Gasteiger partial charge in [0, 0.05) is 6.04 Å². The highest BCUT2D eigenvalue weighted by Gasteiger charge is 2.21. The SMILES string of the molecule is C=C(C)CC(CC(=O)O)NC(=O)OC(C)(C)C. The van der Waals surface area contributed by atoms with E-state index in [9.17, 15) is 9.59 Å². The maximum Gasteiger partial charge on any atom is 0.407 e. The number of amides is 1. The van der Waals surface area contributed by atoms with Crippen LogP contribution in [0.1, 0.15) is 40.5 Å². The van der Waals surface area contributed by atoms with Gasteiger partial charge in [-0.3, -0.25) is 4.79 Å². The van der Waals surface area contributed by atoms with Gasteiger partial charge < -0.3 is 15.2 Å². The predicted octanol–water partition coefficient (Wildman–Crippen LogP) is 2.32. The number of carboxylic acids is 1. The largest absolute Gasteiger partial charge is 0.481 e. The summed E-state index contributed by atoms with van der Waals surface area (Å²) in [6.45, 7) is 10.7. The highest BCUT2D eigenvalue weighted by molar-refractivity contribution is 5.71. The first-order chi connectivity index (χ1) is 7.60. The molecule has 0 bridgehead atoms. The Morgan fingerprint density at radius 3 is 2.24 bits per heavy atom. The topological polar surface area (TPSA) is 75.6 Å². The molecule has 0 rings (SSSR count). The number of nitrogens with one attached hydrogen (secondary N) is 1. The first-order valence-electron chi connectivity index (χ1n) is 5.46. The third-order valence-electron chi connectivity index (χ3n) is 1.74. The van der Waals surface area contributed by atoms with Gasteiger partial charge in [0.2, 0.25) is 0 Å². The highest BCUT2D eigenvalue weighted by atomic mass is 16.6. The summed E-state index contributed by atoms with van der Waals surface area (Å²) in [5.41, 5.74) is 0.216. The maximum absolute atomic E-state index is 11.5. The molecule has 1 amide bonds. The molecule has 0 aliphatic carbocycles. The van der Waals surface area contributed by atoms with Gasteiger partial charge in [-0.25, -0.2) is 4.79 Å². The van der Waals surface area contributed by atoms with Crippen LogP contribution in [-0.4, -0.2) is 28.8 Å². The van der Waals surface area contributed by atoms with Crippen LogP contribution in [0, 0.1) is 0 Å². The van der Waals surface area contributed by atoms with Crippen molar-refractivity contribution in [2.45, 2.75) is 52.2 Å². The molecule has 0 aromatic carbocycles. The third kappa shape index (κ3) is 9.41. The van der Waals surface area contributed by atoms with Gasteiger partial charge in [0.25, 0.3) is 0 Å². The van der Waals surface area contributed by atoms with Gasteiger partial charge in [0.1, 0.15) is 5.60 Å². The Labute approximate surface area is 102 Å². The second kappa shape index (κ2) is 6.27. The molecule has 0 aliphatic rings. The Morgan fingerprint density at radius 2 is 1.88 bits per heavy atom. The zero-order chi connectivity index (χ0) is 13.6. The van der Waals surface area contributed by atoms with E-state index in [1.807, 2.05) is 0 Å². The molecule has 5 heteroatoms. The number of alkyl carbamates (subject to hydrolysis) is 1. The Hall–Kier alpha value is -1.52. The van der Waals surface area contributed by atoms with E-state index in [4.69, 9.17) is 9.84 Å². The van der Waals surface area contributed by atoms with E-state index in [0.717, 1.165) is 5.57 Å². The molecule has 0 aromatic heterocycles. The van der Waals surface area contributed by atoms with E-state index in [2.05, 4.69) is 11.9 Å². The summed E-state index contributed by atoms with van der Waals surface area (Å²) in [5, 5.41) is 11.3. The average molecular weight is 243 g/mol. The smallest absolute Gasteiger partial charge is 0.407 e. The zero-order valence-corrected chi connectivity index (χ0v) is 10.9. The molecule has 5 nitrogen and oxygen atoms in total. The van der Waals surface area contributed by atoms with E-state index in [1.54, 1.807) is 27.7 Å². The van der Waals surface area contributed by atoms with Crippen molar-refractivity contribution in [2.24, 2.45) is 0 Å². The van der Waals surface area contributed by atoms with Crippen molar-refractivity contribution < 1.29 is 19.4 Å². The molecule has 0 spiro atoms. The Morgan fingerprint density at radius 1 is 1.35 bits per heavy atom. The lowest BCUT2D eigenvalue weighted by Crippen LogP contribution is -2.40. The van der Waals surface area contributed by atoms with Crippen LogP contribution in [0.4, 0.5) is 4.79 Å². The van der Waals surface area contributed by atoms with Crippen LogP contribution in [0.25, 0.3) is 0 Å². The van der Waals surface area contributed by atoms with Crippen molar-refractivity contribution in [2.75, 3.05) is 0 Å². The number of hydrogen-bond donors (Lipinski definition) is 2. The van der Waals surface area contributed by atoms with Crippen molar-refractivity contribution in [3.8, 4) is 0 Å². The van der Waals surface area contributed by atoms with Gasteiger partial charge in [-0.15, -0.1) is 6.58 Å². The summed E-state index contributed by atoms with van der Waals surface area (Å²) in [5.74, 6) is -0.965. The number of aliphatic carboxylic acids is 1. The van der Waals surface area contributed by atoms with Gasteiger partial charge in [-0.05, 0) is 34.1 Å². The van der Waals surface area contributed by atoms with Crippen molar-refractivity contribution >= 4 is 12.1 Å². The normalized spacial score (nSPS) is 12.7. The number of carbonyl (C=O) groups excluding carboxylic acids is 1. The number of ether oxygens (including phenoxy) is 1. The molecule has 0 aliphatic heterocycles. The van der Waals surface area contributed by atoms with Crippen LogP contribution in [0.2, 0.25) is 0 Å². The van der Waals surface area contributed by atoms with Crippen LogP contribution < -0.4 is 5.32 Å². The number of hydrogen-bond acceptors (Lipinski definition) is 3. The summed E-state index contributed by atoms with van der Waals surface area (Å²) >= 11 is 0. The van der Waals surface area contributed by atoms with Crippen LogP contribution in [0.3, 0.4) is 0 Å². The average Bonchev–Trinajstić information content (AvgIpc) is 1.95. The summed E-state index contributed by atoms with van der Waals surface area (Å²) in [6, 6.07) is -0.486. The monoisotopic (exact) mass is 243 g/mol. The first kappa shape index (κ1) is 15.5. The molecule has 98 valence electrons. The lowest BCUT2D eigenvalue weighted by atomic mass is 10.1. The van der Waals surface area contributed by atoms with Crippen LogP contribution in [0.5, 0.6) is 0 Å². The molecule has 1 atom stereocenters. The summed E-state index contributed by atoms with van der Waals surface area (Å²) in [7, 11) is 0. The van der Waals surface area contributed by atoms with Crippen molar-refractivity contribution in [1.82, 2.24) is 5.32 Å². The molecule has 2 N–H and O–H groups in total. The number of carbonyl (C=O) groups is 2. The highest BCUT2D eigenvalue weighted by Crippen LogP contribution is 2.10. The molecule has 17 heavy (non-hydrogen) atoms. The molecule has 0 heterocycles. The van der Waals surface area contributed by atoms with E-state index in [0.29, 0.717) is 6.42 Å². The molecule has 0 fully saturated rings. The van der Waals surface area contributed by atoms with Gasteiger partial charge in [-0.1, -0.05) is 5.57 Å². The Balaban J connectivity index is 4.37. The van der Waals surface area contributed by atoms with E-state index in [-0.39, 0.29) is 6.42 Å². The van der Waals surface area contributed by atoms with E-state index < -0.39 is 23.7 Å². The van der Waals surface area contributed by atoms with Gasteiger partial charge in [0.05, 0.1) is 6.42 Å². The lowest BCUT2D eigenvalue weighted by molar-refractivity contribution is -0.137. The quantitative estimate of drug-likeness (QED) is 0.726. The fourth-order valence-corrected chi connectivity index (χ4v) is 1.28. The Kier molecular flexibility index (Phi) is 5.71. The molecule has 0 saturated carbocycles. The fourth-order valence-electron chi connectivity index (χ4n) is 1.28. The zero-order valence-electron chi connectivity index (χ0n) is 10.9. The number of rotatable bonds is 5. The molecular formula is C12H21NO4. The van der Waals surface area contributed by atoms with Crippen molar-refractivity contribution in [3.05, 3.63) is 12.2 Å². The van der Waals surface area contributed by atoms with Gasteiger partial charge >= 0.3 is 12.1 Å². The number of carboxylic acid groups (broad SMARTS) is 1. The minimum atomic E-state index is -0.965. The Bertz CT molecular complexity index is 288. The van der Waals surface area contributed by atoms with E-state index >= 15 is 0 Å². The fraction of sp³-hybridized carbons (Fsp3) is 0.667. The minimum absolute atomic E-state index is 0.147. The third-order valence-corrected chi connectivity index (χ3v) is 1.74. The second-order valence-electron chi connectivity index (χ2n) is 5.10. The van der Waals surface area contributed by atoms with Crippen molar-refractivity contribution in [1.29, 1.82) is 0 Å². The lowest BCUT2D eigenvalue weighted by Gasteiger charge is -2.23. The first-order valence-corrected chi connectivity index (χ1v) is 5.46. The maximum atomic E-state index is 11.5. The predicted molar refractivity (Wildman–Crippen MR) is 64.8 cm³/mol. The summed E-state index contributed by atoms with van der Waals surface area (Å²) in [6.07, 6.45) is -0.331. The van der Waals surface area contributed by atoms with Crippen LogP contribution in [-0.2, 0) is 9.53 Å². The molecule has 0 saturated heterocycles. The van der Waals surface area contributed by atoms with Crippen LogP contribution in [0.15, 0.2) is 12.2 Å². The second-order valence-corrected chi connectivity index (χ2v) is 5.10. The van der Waals surface area contributed by atoms with E-state index in [1.165, 1.54) is 0 Å². The van der Waals surface area contributed by atoms with Gasteiger partial charge in [-0.2, -0.15) is 0 Å². The minimum Gasteiger partial charge on any atom is -0.481 e. The molecule has 0 aromatic rings.